The van der Waals surface area contributed by atoms with Gasteiger partial charge in [-0.3, -0.25) is 0 Å². The Labute approximate surface area is 162 Å². The van der Waals surface area contributed by atoms with Gasteiger partial charge in [-0.05, 0) is 54.6 Å². The summed E-state index contributed by atoms with van der Waals surface area (Å²) < 4.78 is 5.92. The molecule has 4 rings (SSSR count). The molecule has 0 heterocycles. The van der Waals surface area contributed by atoms with E-state index in [1.54, 1.807) is 6.08 Å². The Morgan fingerprint density at radius 3 is 2.59 bits per heavy atom. The lowest BCUT2D eigenvalue weighted by Gasteiger charge is -2.31. The average Bonchev–Trinajstić information content (AvgIpc) is 3.07. The zero-order valence-corrected chi connectivity index (χ0v) is 16.5. The number of aliphatic hydroxyl groups is 1. The highest BCUT2D eigenvalue weighted by Gasteiger charge is 2.70. The zero-order valence-electron chi connectivity index (χ0n) is 16.5. The molecule has 6 unspecified atom stereocenters. The quantitative estimate of drug-likeness (QED) is 0.482. The molecule has 0 amide bonds. The van der Waals surface area contributed by atoms with Crippen molar-refractivity contribution in [2.75, 3.05) is 0 Å². The van der Waals surface area contributed by atoms with Crippen molar-refractivity contribution < 1.29 is 14.6 Å². The number of fused-ring (bicyclic) bond motifs is 3. The first-order valence-electron chi connectivity index (χ1n) is 10.1. The molecule has 3 aliphatic carbocycles. The van der Waals surface area contributed by atoms with Crippen LogP contribution in [0, 0.1) is 29.1 Å². The third kappa shape index (κ3) is 3.16. The Kier molecular flexibility index (Phi) is 4.34. The lowest BCUT2D eigenvalue weighted by Crippen LogP contribution is -2.34. The summed E-state index contributed by atoms with van der Waals surface area (Å²) >= 11 is 0. The van der Waals surface area contributed by atoms with Crippen LogP contribution < -0.4 is 0 Å². The number of esters is 1. The van der Waals surface area contributed by atoms with Crippen molar-refractivity contribution in [1.29, 1.82) is 0 Å². The summed E-state index contributed by atoms with van der Waals surface area (Å²) in [5.74, 6) is 0.960. The predicted octanol–water partition coefficient (Wildman–Crippen LogP) is 4.62. The van der Waals surface area contributed by atoms with Crippen LogP contribution >= 0.6 is 0 Å². The first-order valence-corrected chi connectivity index (χ1v) is 10.1. The maximum absolute atomic E-state index is 12.5. The summed E-state index contributed by atoms with van der Waals surface area (Å²) in [5.41, 5.74) is 1.57. The van der Waals surface area contributed by atoms with Crippen LogP contribution in [0.1, 0.15) is 45.6 Å². The van der Waals surface area contributed by atoms with Gasteiger partial charge < -0.3 is 9.84 Å². The second kappa shape index (κ2) is 6.34. The Morgan fingerprint density at radius 2 is 1.89 bits per heavy atom. The van der Waals surface area contributed by atoms with E-state index in [0.29, 0.717) is 24.2 Å². The molecule has 0 saturated heterocycles. The third-order valence-corrected chi connectivity index (χ3v) is 7.36. The fourth-order valence-corrected chi connectivity index (χ4v) is 6.01. The highest BCUT2D eigenvalue weighted by molar-refractivity contribution is 5.87. The number of hydrogen-bond donors (Lipinski definition) is 1. The molecule has 0 bridgehead atoms. The molecular weight excluding hydrogens is 336 g/mol. The minimum Gasteiger partial charge on any atom is -0.459 e. The smallest absolute Gasteiger partial charge is 0.331 e. The number of carbonyl (C=O) groups excluding carboxylic acids is 1. The van der Waals surface area contributed by atoms with Crippen LogP contribution in [0.2, 0.25) is 0 Å². The van der Waals surface area contributed by atoms with Gasteiger partial charge in [-0.15, -0.1) is 0 Å². The first-order chi connectivity index (χ1) is 12.7. The molecule has 3 heteroatoms. The van der Waals surface area contributed by atoms with Crippen molar-refractivity contribution in [2.45, 2.75) is 51.7 Å². The molecule has 1 aromatic carbocycles. The van der Waals surface area contributed by atoms with Crippen LogP contribution in [0.25, 0.3) is 6.08 Å². The molecule has 6 atom stereocenters. The maximum atomic E-state index is 12.5. The van der Waals surface area contributed by atoms with Crippen LogP contribution in [0.15, 0.2) is 48.6 Å². The van der Waals surface area contributed by atoms with E-state index < -0.39 is 5.60 Å². The summed E-state index contributed by atoms with van der Waals surface area (Å²) in [7, 11) is 0. The van der Waals surface area contributed by atoms with Gasteiger partial charge in [0.15, 0.2) is 0 Å². The molecule has 3 fully saturated rings. The molecular formula is C24H30O3. The van der Waals surface area contributed by atoms with Gasteiger partial charge in [0.1, 0.15) is 6.10 Å². The van der Waals surface area contributed by atoms with Crippen molar-refractivity contribution in [3.8, 4) is 0 Å². The fraction of sp³-hybridized carbons (Fsp3) is 0.542. The number of carbonyl (C=O) groups is 1. The van der Waals surface area contributed by atoms with Gasteiger partial charge in [0.05, 0.1) is 5.60 Å². The summed E-state index contributed by atoms with van der Waals surface area (Å²) in [6, 6.07) is 9.76. The van der Waals surface area contributed by atoms with Gasteiger partial charge in [0, 0.05) is 18.4 Å². The van der Waals surface area contributed by atoms with Crippen molar-refractivity contribution in [3.05, 3.63) is 54.1 Å². The van der Waals surface area contributed by atoms with E-state index in [9.17, 15) is 9.90 Å². The van der Waals surface area contributed by atoms with Gasteiger partial charge in [-0.1, -0.05) is 56.3 Å². The van der Waals surface area contributed by atoms with Crippen LogP contribution in [-0.4, -0.2) is 22.8 Å². The van der Waals surface area contributed by atoms with Gasteiger partial charge in [0.2, 0.25) is 0 Å². The largest absolute Gasteiger partial charge is 0.459 e. The fourth-order valence-electron chi connectivity index (χ4n) is 6.01. The lowest BCUT2D eigenvalue weighted by atomic mass is 9.77. The molecule has 27 heavy (non-hydrogen) atoms. The normalized spacial score (nSPS) is 39.6. The van der Waals surface area contributed by atoms with E-state index in [4.69, 9.17) is 4.74 Å². The van der Waals surface area contributed by atoms with E-state index in [2.05, 4.69) is 20.4 Å². The average molecular weight is 367 g/mol. The van der Waals surface area contributed by atoms with Gasteiger partial charge in [-0.2, -0.15) is 0 Å². The van der Waals surface area contributed by atoms with Crippen LogP contribution in [0.4, 0.5) is 0 Å². The molecule has 0 spiro atoms. The Morgan fingerprint density at radius 1 is 1.19 bits per heavy atom. The molecule has 0 aromatic heterocycles. The second-order valence-electron chi connectivity index (χ2n) is 9.48. The topological polar surface area (TPSA) is 46.5 Å². The molecule has 3 aliphatic rings. The van der Waals surface area contributed by atoms with Crippen molar-refractivity contribution in [2.24, 2.45) is 29.1 Å². The van der Waals surface area contributed by atoms with E-state index in [1.165, 1.54) is 6.08 Å². The molecule has 0 aliphatic heterocycles. The lowest BCUT2D eigenvalue weighted by molar-refractivity contribution is -0.144. The molecule has 144 valence electrons. The summed E-state index contributed by atoms with van der Waals surface area (Å²) in [6.45, 7) is 10.8. The standard InChI is InChI=1S/C24H30O3/c1-15-14-18(27-19(25)11-10-16-8-6-5-7-9-16)21-22(23(21,2)3)20-17(15)12-13-24(20,4)26/h5-11,17-18,20-22,26H,1,12-14H2,2-4H3. The molecule has 1 N–H and O–H groups in total. The Balaban J connectivity index is 1.52. The van der Waals surface area contributed by atoms with E-state index in [-0.39, 0.29) is 23.4 Å². The summed E-state index contributed by atoms with van der Waals surface area (Å²) in [6.07, 6.45) is 5.71. The third-order valence-electron chi connectivity index (χ3n) is 7.36. The maximum Gasteiger partial charge on any atom is 0.331 e. The van der Waals surface area contributed by atoms with Crippen molar-refractivity contribution in [3.63, 3.8) is 0 Å². The monoisotopic (exact) mass is 366 g/mol. The van der Waals surface area contributed by atoms with E-state index in [1.807, 2.05) is 37.3 Å². The van der Waals surface area contributed by atoms with Gasteiger partial charge >= 0.3 is 5.97 Å². The van der Waals surface area contributed by atoms with Crippen molar-refractivity contribution in [1.82, 2.24) is 0 Å². The SMILES string of the molecule is C=C1CC(OC(=O)C=Cc2ccccc2)C2C(C3C1CCC3(C)O)C2(C)C. The summed E-state index contributed by atoms with van der Waals surface area (Å²) in [4.78, 5) is 12.5. The number of benzene rings is 1. The highest BCUT2D eigenvalue weighted by atomic mass is 16.5. The molecule has 3 nitrogen and oxygen atoms in total. The summed E-state index contributed by atoms with van der Waals surface area (Å²) in [5, 5.41) is 11.0. The van der Waals surface area contributed by atoms with Gasteiger partial charge in [0.25, 0.3) is 0 Å². The van der Waals surface area contributed by atoms with E-state index >= 15 is 0 Å². The van der Waals surface area contributed by atoms with Crippen LogP contribution in [-0.2, 0) is 9.53 Å². The minimum absolute atomic E-state index is 0.0893. The van der Waals surface area contributed by atoms with Gasteiger partial charge in [-0.25, -0.2) is 4.79 Å². The number of ether oxygens (including phenoxy) is 1. The number of hydrogen-bond acceptors (Lipinski definition) is 3. The highest BCUT2D eigenvalue weighted by Crippen LogP contribution is 2.71. The molecule has 1 aromatic rings. The van der Waals surface area contributed by atoms with Crippen LogP contribution in [0.3, 0.4) is 0 Å². The zero-order chi connectivity index (χ0) is 19.4. The Bertz CT molecular complexity index is 774. The first kappa shape index (κ1) is 18.5. The van der Waals surface area contributed by atoms with Crippen LogP contribution in [0.5, 0.6) is 0 Å². The molecule has 0 radical (unpaired) electrons. The second-order valence-corrected chi connectivity index (χ2v) is 9.48. The Hall–Kier alpha value is -1.87. The minimum atomic E-state index is -0.642. The number of rotatable bonds is 3. The van der Waals surface area contributed by atoms with Crippen molar-refractivity contribution >= 4 is 12.0 Å². The molecule has 3 saturated carbocycles. The van der Waals surface area contributed by atoms with E-state index in [0.717, 1.165) is 24.0 Å². The predicted molar refractivity (Wildman–Crippen MR) is 107 cm³/mol.